The molecule has 0 bridgehead atoms. The van der Waals surface area contributed by atoms with Gasteiger partial charge in [0.2, 0.25) is 5.91 Å². The molecule has 112 valence electrons. The van der Waals surface area contributed by atoms with Gasteiger partial charge in [-0.25, -0.2) is 0 Å². The highest BCUT2D eigenvalue weighted by Gasteiger charge is 2.28. The van der Waals surface area contributed by atoms with Crippen LogP contribution in [0.15, 0.2) is 18.2 Å². The van der Waals surface area contributed by atoms with E-state index in [1.807, 2.05) is 0 Å². The highest BCUT2D eigenvalue weighted by atomic mass is 16.5. The quantitative estimate of drug-likeness (QED) is 0.642. The summed E-state index contributed by atoms with van der Waals surface area (Å²) < 4.78 is 10.8. The van der Waals surface area contributed by atoms with E-state index in [2.05, 4.69) is 5.32 Å². The Morgan fingerprint density at radius 3 is 2.65 bits per heavy atom. The van der Waals surface area contributed by atoms with Crippen molar-refractivity contribution in [3.8, 4) is 11.5 Å². The first-order chi connectivity index (χ1) is 9.46. The molecule has 1 amide bonds. The second kappa shape index (κ2) is 7.12. The molecular weight excluding hydrogens is 260 g/mol. The van der Waals surface area contributed by atoms with Crippen LogP contribution < -0.4 is 20.5 Å². The van der Waals surface area contributed by atoms with Crippen LogP contribution in [0, 0.1) is 0 Å². The van der Waals surface area contributed by atoms with E-state index in [1.54, 1.807) is 32.2 Å². The van der Waals surface area contributed by atoms with Crippen LogP contribution in [0.5, 0.6) is 11.5 Å². The predicted molar refractivity (Wildman–Crippen MR) is 75.7 cm³/mol. The van der Waals surface area contributed by atoms with Crippen molar-refractivity contribution in [3.63, 3.8) is 0 Å². The number of benzene rings is 1. The molecule has 0 saturated carbocycles. The zero-order valence-electron chi connectivity index (χ0n) is 12.1. The molecule has 0 saturated heterocycles. The summed E-state index contributed by atoms with van der Waals surface area (Å²) in [5.41, 5.74) is 5.28. The topological polar surface area (TPSA) is 93.8 Å². The van der Waals surface area contributed by atoms with Gasteiger partial charge in [-0.05, 0) is 31.7 Å². The number of carbonyl (C=O) groups is 1. The molecule has 0 aromatic heterocycles. The minimum Gasteiger partial charge on any atom is -0.493 e. The summed E-state index contributed by atoms with van der Waals surface area (Å²) in [6.07, 6.45) is 0.434. The van der Waals surface area contributed by atoms with Crippen LogP contribution in [-0.2, 0) is 11.4 Å². The maximum Gasteiger partial charge on any atom is 0.237 e. The van der Waals surface area contributed by atoms with Gasteiger partial charge in [0.25, 0.3) is 0 Å². The minimum absolute atomic E-state index is 0.0594. The van der Waals surface area contributed by atoms with Crippen molar-refractivity contribution in [2.75, 3.05) is 20.8 Å². The number of primary amides is 1. The first-order valence-electron chi connectivity index (χ1n) is 6.36. The summed E-state index contributed by atoms with van der Waals surface area (Å²) in [6, 6.07) is 5.19. The Balaban J connectivity index is 2.68. The number of aliphatic hydroxyl groups is 1. The second-order valence-electron chi connectivity index (χ2n) is 4.69. The highest BCUT2D eigenvalue weighted by Crippen LogP contribution is 2.28. The number of hydrogen-bond donors (Lipinski definition) is 3. The molecule has 4 N–H and O–H groups in total. The van der Waals surface area contributed by atoms with Crippen LogP contribution in [0.25, 0.3) is 0 Å². The Kier molecular flexibility index (Phi) is 5.79. The van der Waals surface area contributed by atoms with Crippen molar-refractivity contribution in [1.29, 1.82) is 0 Å². The number of nitrogens with two attached hydrogens (primary N) is 1. The monoisotopic (exact) mass is 282 g/mol. The van der Waals surface area contributed by atoms with Crippen LogP contribution >= 0.6 is 0 Å². The Bertz CT molecular complexity index is 464. The summed E-state index contributed by atoms with van der Waals surface area (Å²) >= 11 is 0. The van der Waals surface area contributed by atoms with Gasteiger partial charge in [-0.2, -0.15) is 0 Å². The van der Waals surface area contributed by atoms with Crippen molar-refractivity contribution in [3.05, 3.63) is 23.8 Å². The Morgan fingerprint density at radius 1 is 1.45 bits per heavy atom. The van der Waals surface area contributed by atoms with Gasteiger partial charge in [-0.15, -0.1) is 0 Å². The van der Waals surface area contributed by atoms with Gasteiger partial charge in [0.15, 0.2) is 11.5 Å². The number of carbonyl (C=O) groups excluding carboxylic acids is 1. The van der Waals surface area contributed by atoms with E-state index < -0.39 is 11.4 Å². The van der Waals surface area contributed by atoms with E-state index >= 15 is 0 Å². The molecule has 6 nitrogen and oxygen atoms in total. The molecule has 0 aliphatic carbocycles. The first-order valence-corrected chi connectivity index (χ1v) is 6.36. The molecule has 1 unspecified atom stereocenters. The van der Waals surface area contributed by atoms with Crippen LogP contribution in [0.3, 0.4) is 0 Å². The molecule has 1 rings (SSSR count). The van der Waals surface area contributed by atoms with Crippen molar-refractivity contribution in [1.82, 2.24) is 5.32 Å². The molecule has 0 fully saturated rings. The number of hydrogen-bond acceptors (Lipinski definition) is 5. The van der Waals surface area contributed by atoms with E-state index in [4.69, 9.17) is 20.3 Å². The molecular formula is C14H22N2O4. The van der Waals surface area contributed by atoms with Crippen LogP contribution in [-0.4, -0.2) is 37.3 Å². The van der Waals surface area contributed by atoms with Crippen LogP contribution in [0.4, 0.5) is 0 Å². The number of likely N-dealkylation sites (N-methyl/N-ethyl adjacent to an activating group) is 1. The number of methoxy groups -OCH3 is 1. The van der Waals surface area contributed by atoms with E-state index in [1.165, 1.54) is 7.11 Å². The molecule has 1 aromatic carbocycles. The van der Waals surface area contributed by atoms with Crippen LogP contribution in [0.1, 0.15) is 18.9 Å². The number of ether oxygens (including phenoxy) is 2. The fourth-order valence-corrected chi connectivity index (χ4v) is 1.67. The van der Waals surface area contributed by atoms with Gasteiger partial charge >= 0.3 is 0 Å². The SMILES string of the molecule is CNC(C)(CCOc1ccc(CO)cc1OC)C(N)=O. The largest absolute Gasteiger partial charge is 0.493 e. The van der Waals surface area contributed by atoms with Crippen LogP contribution in [0.2, 0.25) is 0 Å². The average Bonchev–Trinajstić information content (AvgIpc) is 2.46. The average molecular weight is 282 g/mol. The molecule has 1 atom stereocenters. The van der Waals surface area contributed by atoms with Gasteiger partial charge in [-0.3, -0.25) is 4.79 Å². The van der Waals surface area contributed by atoms with Gasteiger partial charge in [0.05, 0.1) is 25.9 Å². The summed E-state index contributed by atoms with van der Waals surface area (Å²) in [5, 5.41) is 12.0. The van der Waals surface area contributed by atoms with Gasteiger partial charge < -0.3 is 25.6 Å². The molecule has 0 aliphatic rings. The van der Waals surface area contributed by atoms with E-state index in [9.17, 15) is 4.79 Å². The maximum absolute atomic E-state index is 11.4. The lowest BCUT2D eigenvalue weighted by atomic mass is 9.98. The smallest absolute Gasteiger partial charge is 0.237 e. The molecule has 0 radical (unpaired) electrons. The zero-order valence-corrected chi connectivity index (χ0v) is 12.1. The zero-order chi connectivity index (χ0) is 15.2. The third kappa shape index (κ3) is 3.85. The lowest BCUT2D eigenvalue weighted by Gasteiger charge is -2.25. The molecule has 0 aliphatic heterocycles. The second-order valence-corrected chi connectivity index (χ2v) is 4.69. The Hall–Kier alpha value is -1.79. The third-order valence-electron chi connectivity index (χ3n) is 3.37. The van der Waals surface area contributed by atoms with E-state index in [-0.39, 0.29) is 6.61 Å². The minimum atomic E-state index is -0.807. The van der Waals surface area contributed by atoms with Crippen molar-refractivity contribution in [2.45, 2.75) is 25.5 Å². The van der Waals surface area contributed by atoms with Crippen molar-refractivity contribution < 1.29 is 19.4 Å². The Morgan fingerprint density at radius 2 is 2.15 bits per heavy atom. The highest BCUT2D eigenvalue weighted by molar-refractivity contribution is 5.84. The summed E-state index contributed by atoms with van der Waals surface area (Å²) in [7, 11) is 3.21. The van der Waals surface area contributed by atoms with Gasteiger partial charge in [0.1, 0.15) is 0 Å². The van der Waals surface area contributed by atoms with Gasteiger partial charge in [-0.1, -0.05) is 6.07 Å². The van der Waals surface area contributed by atoms with Gasteiger partial charge in [0, 0.05) is 6.42 Å². The summed E-state index contributed by atoms with van der Waals surface area (Å²) in [4.78, 5) is 11.4. The summed E-state index contributed by atoms with van der Waals surface area (Å²) in [6.45, 7) is 1.98. The Labute approximate surface area is 118 Å². The number of amides is 1. The van der Waals surface area contributed by atoms with Crippen molar-refractivity contribution in [2.24, 2.45) is 5.73 Å². The molecule has 0 heterocycles. The third-order valence-corrected chi connectivity index (χ3v) is 3.37. The van der Waals surface area contributed by atoms with E-state index in [0.29, 0.717) is 24.5 Å². The first kappa shape index (κ1) is 16.3. The summed E-state index contributed by atoms with van der Waals surface area (Å²) in [5.74, 6) is 0.681. The lowest BCUT2D eigenvalue weighted by molar-refractivity contribution is -0.124. The van der Waals surface area contributed by atoms with E-state index in [0.717, 1.165) is 5.56 Å². The maximum atomic E-state index is 11.4. The fourth-order valence-electron chi connectivity index (χ4n) is 1.67. The number of nitrogens with one attached hydrogen (secondary N) is 1. The number of rotatable bonds is 8. The number of aliphatic hydroxyl groups excluding tert-OH is 1. The molecule has 6 heteroatoms. The fraction of sp³-hybridized carbons (Fsp3) is 0.500. The standard InChI is InChI=1S/C14H22N2O4/c1-14(16-2,13(15)18)6-7-20-11-5-4-10(9-17)8-12(11)19-3/h4-5,8,16-17H,6-7,9H2,1-3H3,(H2,15,18). The normalized spacial score (nSPS) is 13.6. The molecule has 1 aromatic rings. The molecule has 0 spiro atoms. The molecule has 20 heavy (non-hydrogen) atoms. The predicted octanol–water partition coefficient (Wildman–Crippen LogP) is 0.420. The van der Waals surface area contributed by atoms with Crippen molar-refractivity contribution >= 4 is 5.91 Å². The lowest BCUT2D eigenvalue weighted by Crippen LogP contribution is -2.52.